The molecular formula is C31H29N3O5. The van der Waals surface area contributed by atoms with Gasteiger partial charge in [0.2, 0.25) is 5.91 Å². The zero-order valence-electron chi connectivity index (χ0n) is 22.0. The molecule has 8 nitrogen and oxygen atoms in total. The number of aryl methyl sites for hydroxylation is 1. The number of amides is 2. The molecule has 198 valence electrons. The van der Waals surface area contributed by atoms with Crippen LogP contribution in [0.15, 0.2) is 60.7 Å². The van der Waals surface area contributed by atoms with E-state index in [1.54, 1.807) is 25.3 Å². The van der Waals surface area contributed by atoms with Crippen molar-refractivity contribution in [1.82, 2.24) is 4.90 Å². The first-order valence-electron chi connectivity index (χ1n) is 13.3. The molecule has 0 radical (unpaired) electrons. The minimum absolute atomic E-state index is 0.236. The highest BCUT2D eigenvalue weighted by atomic mass is 16.5. The molecule has 4 aliphatic rings. The molecule has 39 heavy (non-hydrogen) atoms. The third-order valence-corrected chi connectivity index (χ3v) is 9.29. The first kappa shape index (κ1) is 23.9. The molecule has 7 rings (SSSR count). The van der Waals surface area contributed by atoms with Crippen molar-refractivity contribution in [3.05, 3.63) is 82.9 Å². The van der Waals surface area contributed by atoms with E-state index >= 15 is 0 Å². The molecule has 8 heteroatoms. The largest absolute Gasteiger partial charge is 0.497 e. The number of benzene rings is 3. The Labute approximate surface area is 226 Å². The highest BCUT2D eigenvalue weighted by Gasteiger charge is 2.81. The average molecular weight is 524 g/mol. The molecule has 0 unspecified atom stereocenters. The Bertz CT molecular complexity index is 1580. The van der Waals surface area contributed by atoms with E-state index in [1.165, 1.54) is 7.11 Å². The first-order chi connectivity index (χ1) is 18.9. The van der Waals surface area contributed by atoms with Crippen molar-refractivity contribution in [2.45, 2.75) is 36.8 Å². The summed E-state index contributed by atoms with van der Waals surface area (Å²) in [5.41, 5.74) is 1.14. The van der Waals surface area contributed by atoms with Gasteiger partial charge in [0.15, 0.2) is 5.78 Å². The lowest BCUT2D eigenvalue weighted by molar-refractivity contribution is -0.137. The number of ketones is 1. The summed E-state index contributed by atoms with van der Waals surface area (Å²) in [6.07, 6.45) is 1.51. The number of carbonyl (C=O) groups is 3. The summed E-state index contributed by atoms with van der Waals surface area (Å²) >= 11 is 0. The summed E-state index contributed by atoms with van der Waals surface area (Å²) in [5, 5.41) is 6.21. The van der Waals surface area contributed by atoms with Crippen LogP contribution in [0.4, 0.5) is 11.4 Å². The van der Waals surface area contributed by atoms with Gasteiger partial charge in [-0.3, -0.25) is 19.3 Å². The zero-order valence-corrected chi connectivity index (χ0v) is 22.0. The predicted octanol–water partition coefficient (Wildman–Crippen LogP) is 4.03. The Morgan fingerprint density at radius 2 is 1.74 bits per heavy atom. The van der Waals surface area contributed by atoms with Crippen molar-refractivity contribution in [3.8, 4) is 11.5 Å². The molecule has 2 N–H and O–H groups in total. The number of anilines is 2. The fourth-order valence-corrected chi connectivity index (χ4v) is 7.93. The molecule has 4 aliphatic heterocycles. The summed E-state index contributed by atoms with van der Waals surface area (Å²) in [4.78, 5) is 46.1. The quantitative estimate of drug-likeness (QED) is 0.502. The number of fused-ring (bicyclic) bond motifs is 7. The van der Waals surface area contributed by atoms with Gasteiger partial charge < -0.3 is 20.1 Å². The fourth-order valence-electron chi connectivity index (χ4n) is 7.93. The van der Waals surface area contributed by atoms with Crippen molar-refractivity contribution < 1.29 is 23.9 Å². The second kappa shape index (κ2) is 8.16. The molecule has 2 fully saturated rings. The molecule has 4 heterocycles. The Kier molecular flexibility index (Phi) is 5.01. The van der Waals surface area contributed by atoms with E-state index in [9.17, 15) is 14.4 Å². The lowest BCUT2D eigenvalue weighted by atomic mass is 9.57. The zero-order chi connectivity index (χ0) is 27.1. The number of methoxy groups -OCH3 is 2. The number of para-hydroxylation sites is 2. The molecule has 3 aromatic rings. The summed E-state index contributed by atoms with van der Waals surface area (Å²) in [7, 11) is 3.07. The lowest BCUT2D eigenvalue weighted by Crippen LogP contribution is -2.62. The standard InChI is InChI=1S/C31H29N3O5/c1-17-8-6-10-21-26(17)33-29(37)31(21)30(20-9-4-5-11-22(20)32-28(30)36)25(23-12-7-15-34(23)31)27(35)19-16-18(38-2)13-14-24(19)39-3/h4-6,8-11,13-14,16,23,25H,7,12,15H2,1-3H3,(H,32,36)(H,33,37)/t23-,25-,30+,31+/m0/s1. The number of Topliss-reactive ketones (excluding diaryl/α,β-unsaturated/α-hetero) is 1. The van der Waals surface area contributed by atoms with E-state index in [0.29, 0.717) is 41.3 Å². The van der Waals surface area contributed by atoms with Crippen LogP contribution in [0.3, 0.4) is 0 Å². The highest BCUT2D eigenvalue weighted by molar-refractivity contribution is 6.21. The first-order valence-corrected chi connectivity index (χ1v) is 13.3. The van der Waals surface area contributed by atoms with Crippen LogP contribution < -0.4 is 20.1 Å². The van der Waals surface area contributed by atoms with Crippen molar-refractivity contribution in [2.75, 3.05) is 31.4 Å². The summed E-state index contributed by atoms with van der Waals surface area (Å²) in [5.74, 6) is -0.760. The Balaban J connectivity index is 1.58. The smallest absolute Gasteiger partial charge is 0.251 e. The van der Waals surface area contributed by atoms with E-state index < -0.39 is 16.9 Å². The molecule has 0 aliphatic carbocycles. The summed E-state index contributed by atoms with van der Waals surface area (Å²) in [6, 6.07) is 18.1. The molecule has 2 saturated heterocycles. The normalized spacial score (nSPS) is 28.3. The molecule has 4 atom stereocenters. The van der Waals surface area contributed by atoms with E-state index in [4.69, 9.17) is 9.47 Å². The maximum absolute atomic E-state index is 14.9. The number of carbonyl (C=O) groups excluding carboxylic acids is 3. The van der Waals surface area contributed by atoms with Gasteiger partial charge in [0.05, 0.1) is 25.7 Å². The SMILES string of the molecule is COc1ccc(OC)c(C(=O)[C@@H]2[C@@H]3CCCN3[C@]3(C(=O)Nc4c(C)cccc43)[C@@]23C(=O)Nc2ccccc23)c1. The van der Waals surface area contributed by atoms with Crippen LogP contribution in [0.2, 0.25) is 0 Å². The predicted molar refractivity (Wildman–Crippen MR) is 145 cm³/mol. The van der Waals surface area contributed by atoms with Gasteiger partial charge in [0.1, 0.15) is 22.5 Å². The van der Waals surface area contributed by atoms with Gasteiger partial charge in [-0.25, -0.2) is 0 Å². The van der Waals surface area contributed by atoms with Crippen molar-refractivity contribution in [2.24, 2.45) is 5.92 Å². The van der Waals surface area contributed by atoms with Crippen LogP contribution in [0.1, 0.15) is 39.9 Å². The topological polar surface area (TPSA) is 97.0 Å². The minimum Gasteiger partial charge on any atom is -0.497 e. The summed E-state index contributed by atoms with van der Waals surface area (Å²) in [6.45, 7) is 2.55. The van der Waals surface area contributed by atoms with Crippen LogP contribution in [0, 0.1) is 12.8 Å². The molecule has 0 aromatic heterocycles. The Hall–Kier alpha value is -4.17. The van der Waals surface area contributed by atoms with Gasteiger partial charge in [0, 0.05) is 23.0 Å². The van der Waals surface area contributed by atoms with Crippen LogP contribution in [-0.4, -0.2) is 49.3 Å². The van der Waals surface area contributed by atoms with E-state index in [1.807, 2.05) is 49.4 Å². The van der Waals surface area contributed by atoms with Gasteiger partial charge in [-0.05, 0) is 61.7 Å². The van der Waals surface area contributed by atoms with Gasteiger partial charge in [-0.2, -0.15) is 0 Å². The van der Waals surface area contributed by atoms with Gasteiger partial charge in [0.25, 0.3) is 5.91 Å². The van der Waals surface area contributed by atoms with E-state index in [2.05, 4.69) is 15.5 Å². The molecule has 0 bridgehead atoms. The second-order valence-corrected chi connectivity index (χ2v) is 10.8. The molecule has 3 aromatic carbocycles. The number of nitrogens with one attached hydrogen (secondary N) is 2. The van der Waals surface area contributed by atoms with Crippen molar-refractivity contribution in [1.29, 1.82) is 0 Å². The summed E-state index contributed by atoms with van der Waals surface area (Å²) < 4.78 is 11.1. The van der Waals surface area contributed by atoms with E-state index in [0.717, 1.165) is 23.2 Å². The minimum atomic E-state index is -1.50. The lowest BCUT2D eigenvalue weighted by Gasteiger charge is -2.43. The van der Waals surface area contributed by atoms with Gasteiger partial charge in [-0.15, -0.1) is 0 Å². The van der Waals surface area contributed by atoms with Crippen LogP contribution >= 0.6 is 0 Å². The molecule has 2 amide bonds. The molecular weight excluding hydrogens is 494 g/mol. The average Bonchev–Trinajstić information content (AvgIpc) is 3.67. The van der Waals surface area contributed by atoms with Crippen molar-refractivity contribution in [3.63, 3.8) is 0 Å². The number of hydrogen-bond donors (Lipinski definition) is 2. The highest BCUT2D eigenvalue weighted by Crippen LogP contribution is 2.68. The third kappa shape index (κ3) is 2.69. The van der Waals surface area contributed by atoms with Gasteiger partial charge in [-0.1, -0.05) is 36.4 Å². The molecule has 2 spiro atoms. The Morgan fingerprint density at radius 3 is 2.54 bits per heavy atom. The molecule has 0 saturated carbocycles. The van der Waals surface area contributed by atoms with Crippen LogP contribution in [-0.2, 0) is 20.5 Å². The maximum Gasteiger partial charge on any atom is 0.251 e. The third-order valence-electron chi connectivity index (χ3n) is 9.29. The number of hydrogen-bond acceptors (Lipinski definition) is 6. The van der Waals surface area contributed by atoms with Gasteiger partial charge >= 0.3 is 0 Å². The van der Waals surface area contributed by atoms with Crippen LogP contribution in [0.25, 0.3) is 0 Å². The van der Waals surface area contributed by atoms with E-state index in [-0.39, 0.29) is 23.6 Å². The Morgan fingerprint density at radius 1 is 0.949 bits per heavy atom. The van der Waals surface area contributed by atoms with Crippen LogP contribution in [0.5, 0.6) is 11.5 Å². The van der Waals surface area contributed by atoms with Crippen molar-refractivity contribution >= 4 is 29.0 Å². The number of nitrogens with zero attached hydrogens (tertiary/aromatic N) is 1. The fraction of sp³-hybridized carbons (Fsp3) is 0.323. The number of ether oxygens (including phenoxy) is 2. The number of rotatable bonds is 4. The monoisotopic (exact) mass is 523 g/mol. The second-order valence-electron chi connectivity index (χ2n) is 10.8. The maximum atomic E-state index is 14.9.